The third kappa shape index (κ3) is 4.41. The van der Waals surface area contributed by atoms with Crippen LogP contribution in [0.3, 0.4) is 0 Å². The van der Waals surface area contributed by atoms with Crippen LogP contribution in [0.1, 0.15) is 21.3 Å². The lowest BCUT2D eigenvalue weighted by atomic mass is 10.3. The van der Waals surface area contributed by atoms with Crippen molar-refractivity contribution in [1.82, 2.24) is 20.3 Å². The minimum absolute atomic E-state index is 0.255. The van der Waals surface area contributed by atoms with Crippen molar-refractivity contribution in [3.8, 4) is 0 Å². The van der Waals surface area contributed by atoms with Gasteiger partial charge < -0.3 is 15.6 Å². The molecule has 3 N–H and O–H groups in total. The molecule has 0 aliphatic heterocycles. The molecule has 0 fully saturated rings. The van der Waals surface area contributed by atoms with Gasteiger partial charge in [0.05, 0.1) is 22.3 Å². The first-order valence-corrected chi connectivity index (χ1v) is 8.67. The lowest BCUT2D eigenvalue weighted by Gasteiger charge is -2.04. The number of carbonyl (C=O) groups is 1. The fourth-order valence-corrected chi connectivity index (χ4v) is 3.04. The van der Waals surface area contributed by atoms with E-state index in [1.165, 1.54) is 11.3 Å². The zero-order valence-corrected chi connectivity index (χ0v) is 14.3. The Balaban J connectivity index is 1.49. The lowest BCUT2D eigenvalue weighted by Crippen LogP contribution is -2.17. The Morgan fingerprint density at radius 1 is 1.33 bits per heavy atom. The van der Waals surface area contributed by atoms with Gasteiger partial charge in [-0.05, 0) is 12.1 Å². The largest absolute Gasteiger partial charge is 0.348 e. The van der Waals surface area contributed by atoms with Crippen LogP contribution >= 0.6 is 22.9 Å². The number of aromatic nitrogens is 3. The van der Waals surface area contributed by atoms with Gasteiger partial charge in [-0.25, -0.2) is 9.97 Å². The normalized spacial score (nSPS) is 10.7. The van der Waals surface area contributed by atoms with Gasteiger partial charge in [-0.3, -0.25) is 4.79 Å². The fraction of sp³-hybridized carbons (Fsp3) is 0.188. The Morgan fingerprint density at radius 2 is 2.21 bits per heavy atom. The maximum atomic E-state index is 12.2. The van der Waals surface area contributed by atoms with Gasteiger partial charge in [0.1, 0.15) is 11.5 Å². The highest BCUT2D eigenvalue weighted by molar-refractivity contribution is 7.09. The predicted molar refractivity (Wildman–Crippen MR) is 95.5 cm³/mol. The summed E-state index contributed by atoms with van der Waals surface area (Å²) in [5.41, 5.74) is 0.986. The Labute approximate surface area is 148 Å². The third-order valence-corrected chi connectivity index (χ3v) is 4.51. The van der Waals surface area contributed by atoms with Crippen molar-refractivity contribution in [2.24, 2.45) is 0 Å². The number of H-pyrrole nitrogens is 1. The number of imidazole rings is 1. The number of para-hydroxylation sites is 1. The van der Waals surface area contributed by atoms with Crippen molar-refractivity contribution in [2.45, 2.75) is 13.0 Å². The number of hydrogen-bond donors (Lipinski definition) is 3. The summed E-state index contributed by atoms with van der Waals surface area (Å²) in [5, 5.41) is 9.22. The van der Waals surface area contributed by atoms with E-state index in [0.717, 1.165) is 23.8 Å². The number of amides is 1. The highest BCUT2D eigenvalue weighted by atomic mass is 35.5. The number of benzene rings is 1. The van der Waals surface area contributed by atoms with E-state index in [4.69, 9.17) is 11.6 Å². The quantitative estimate of drug-likeness (QED) is 0.565. The monoisotopic (exact) mass is 361 g/mol. The molecule has 0 atom stereocenters. The second kappa shape index (κ2) is 8.05. The molecular weight excluding hydrogens is 346 g/mol. The van der Waals surface area contributed by atoms with Crippen molar-refractivity contribution in [3.63, 3.8) is 0 Å². The second-order valence-electron chi connectivity index (χ2n) is 5.02. The molecule has 8 heteroatoms. The molecule has 1 amide bonds. The molecule has 0 saturated heterocycles. The van der Waals surface area contributed by atoms with Crippen LogP contribution in [0.2, 0.25) is 5.02 Å². The highest BCUT2D eigenvalue weighted by Gasteiger charge is 2.12. The summed E-state index contributed by atoms with van der Waals surface area (Å²) in [5.74, 6) is 0.642. The maximum absolute atomic E-state index is 12.2. The van der Waals surface area contributed by atoms with E-state index in [-0.39, 0.29) is 5.91 Å². The zero-order chi connectivity index (χ0) is 16.8. The van der Waals surface area contributed by atoms with Gasteiger partial charge in [0.15, 0.2) is 0 Å². The summed E-state index contributed by atoms with van der Waals surface area (Å²) in [6.45, 7) is 1.44. The standard InChI is InChI=1S/C16H16ClN5OS/c17-11-3-1-2-4-12(11)22-16(23)13-10-24-15(21-13)5-6-18-9-14-19-7-8-20-14/h1-4,7-8,10,18H,5-6,9H2,(H,19,20)(H,22,23). The molecule has 0 saturated carbocycles. The number of nitrogens with one attached hydrogen (secondary N) is 3. The molecule has 24 heavy (non-hydrogen) atoms. The molecule has 6 nitrogen and oxygen atoms in total. The SMILES string of the molecule is O=C(Nc1ccccc1Cl)c1csc(CCNCc2ncc[nH]2)n1. The molecule has 3 aromatic rings. The summed E-state index contributed by atoms with van der Waals surface area (Å²) in [6.07, 6.45) is 4.27. The summed E-state index contributed by atoms with van der Waals surface area (Å²) < 4.78 is 0. The summed E-state index contributed by atoms with van der Waals surface area (Å²) in [4.78, 5) is 23.8. The minimum atomic E-state index is -0.255. The second-order valence-corrected chi connectivity index (χ2v) is 6.37. The van der Waals surface area contributed by atoms with Crippen LogP contribution < -0.4 is 10.6 Å². The number of anilines is 1. The van der Waals surface area contributed by atoms with Crippen molar-refractivity contribution in [3.05, 3.63) is 63.6 Å². The first-order chi connectivity index (χ1) is 11.7. The molecule has 0 radical (unpaired) electrons. The number of thiazole rings is 1. The van der Waals surface area contributed by atoms with Crippen molar-refractivity contribution in [1.29, 1.82) is 0 Å². The van der Waals surface area contributed by atoms with Gasteiger partial charge in [-0.1, -0.05) is 23.7 Å². The molecule has 3 rings (SSSR count). The molecular formula is C16H16ClN5OS. The van der Waals surface area contributed by atoms with E-state index >= 15 is 0 Å². The average Bonchev–Trinajstić information content (AvgIpc) is 3.25. The minimum Gasteiger partial charge on any atom is -0.348 e. The zero-order valence-electron chi connectivity index (χ0n) is 12.8. The van der Waals surface area contributed by atoms with E-state index in [9.17, 15) is 4.79 Å². The number of halogens is 1. The molecule has 0 aliphatic carbocycles. The van der Waals surface area contributed by atoms with Crippen LogP contribution in [0.5, 0.6) is 0 Å². The maximum Gasteiger partial charge on any atom is 0.275 e. The van der Waals surface area contributed by atoms with Crippen LogP contribution in [0, 0.1) is 0 Å². The number of aromatic amines is 1. The fourth-order valence-electron chi connectivity index (χ4n) is 2.08. The first-order valence-electron chi connectivity index (χ1n) is 7.41. The molecule has 2 aromatic heterocycles. The molecule has 2 heterocycles. The predicted octanol–water partition coefficient (Wildman–Crippen LogP) is 3.10. The van der Waals surface area contributed by atoms with Crippen LogP contribution in [0.25, 0.3) is 0 Å². The highest BCUT2D eigenvalue weighted by Crippen LogP contribution is 2.21. The van der Waals surface area contributed by atoms with Gasteiger partial charge in [0.2, 0.25) is 0 Å². The van der Waals surface area contributed by atoms with Crippen molar-refractivity contribution < 1.29 is 4.79 Å². The van der Waals surface area contributed by atoms with Gasteiger partial charge in [0, 0.05) is 30.7 Å². The summed E-state index contributed by atoms with van der Waals surface area (Å²) >= 11 is 7.51. The molecule has 0 spiro atoms. The van der Waals surface area contributed by atoms with Crippen LogP contribution in [0.4, 0.5) is 5.69 Å². The Morgan fingerprint density at radius 3 is 3.00 bits per heavy atom. The van der Waals surface area contributed by atoms with E-state index in [0.29, 0.717) is 22.9 Å². The Kier molecular flexibility index (Phi) is 5.58. The van der Waals surface area contributed by atoms with E-state index in [1.54, 1.807) is 29.9 Å². The van der Waals surface area contributed by atoms with Crippen molar-refractivity contribution in [2.75, 3.05) is 11.9 Å². The summed E-state index contributed by atoms with van der Waals surface area (Å²) in [6, 6.07) is 7.12. The van der Waals surface area contributed by atoms with Crippen molar-refractivity contribution >= 4 is 34.5 Å². The molecule has 0 bridgehead atoms. The smallest absolute Gasteiger partial charge is 0.275 e. The van der Waals surface area contributed by atoms with Gasteiger partial charge in [0.25, 0.3) is 5.91 Å². The third-order valence-electron chi connectivity index (χ3n) is 3.27. The first kappa shape index (κ1) is 16.6. The van der Waals surface area contributed by atoms with E-state index in [1.807, 2.05) is 12.1 Å². The summed E-state index contributed by atoms with van der Waals surface area (Å²) in [7, 11) is 0. The Bertz CT molecular complexity index is 802. The van der Waals surface area contributed by atoms with Crippen LogP contribution in [-0.4, -0.2) is 27.4 Å². The number of hydrogen-bond acceptors (Lipinski definition) is 5. The van der Waals surface area contributed by atoms with Gasteiger partial charge >= 0.3 is 0 Å². The average molecular weight is 362 g/mol. The van der Waals surface area contributed by atoms with E-state index in [2.05, 4.69) is 25.6 Å². The molecule has 0 unspecified atom stereocenters. The lowest BCUT2D eigenvalue weighted by molar-refractivity contribution is 0.102. The molecule has 0 aliphatic rings. The van der Waals surface area contributed by atoms with Crippen LogP contribution in [-0.2, 0) is 13.0 Å². The van der Waals surface area contributed by atoms with Gasteiger partial charge in [-0.2, -0.15) is 0 Å². The van der Waals surface area contributed by atoms with E-state index < -0.39 is 0 Å². The Hall–Kier alpha value is -2.22. The molecule has 124 valence electrons. The number of nitrogens with zero attached hydrogens (tertiary/aromatic N) is 2. The molecule has 1 aromatic carbocycles. The number of rotatable bonds is 7. The van der Waals surface area contributed by atoms with Gasteiger partial charge in [-0.15, -0.1) is 11.3 Å². The topological polar surface area (TPSA) is 82.7 Å². The van der Waals surface area contributed by atoms with Crippen LogP contribution in [0.15, 0.2) is 42.0 Å². The number of carbonyl (C=O) groups excluding carboxylic acids is 1.